The van der Waals surface area contributed by atoms with Gasteiger partial charge in [0.1, 0.15) is 18.3 Å². The van der Waals surface area contributed by atoms with Gasteiger partial charge in [-0.2, -0.15) is 0 Å². The SMILES string of the molecule is COc1cc(C2C(C(=O)Nc3cccc(C)c3C)C(=O)CC(C)(O)C2C(=O)Nc2cccc(C)c2C)ccc1OCc1cc(C)c(C)cc1C. The fourth-order valence-electron chi connectivity index (χ4n) is 7.03. The summed E-state index contributed by atoms with van der Waals surface area (Å²) in [5, 5.41) is 17.8. The van der Waals surface area contributed by atoms with Crippen LogP contribution in [0, 0.1) is 60.3 Å². The molecule has 2 amide bonds. The first kappa shape index (κ1) is 36.3. The number of aryl methyl sites for hydroxylation is 5. The first-order chi connectivity index (χ1) is 23.6. The number of anilines is 2. The predicted octanol–water partition coefficient (Wildman–Crippen LogP) is 7.75. The summed E-state index contributed by atoms with van der Waals surface area (Å²) in [6, 6.07) is 20.6. The van der Waals surface area contributed by atoms with E-state index in [0.717, 1.165) is 33.4 Å². The van der Waals surface area contributed by atoms with Crippen LogP contribution in [-0.4, -0.2) is 35.4 Å². The van der Waals surface area contributed by atoms with E-state index in [-0.39, 0.29) is 6.42 Å². The Morgan fingerprint density at radius 2 is 1.34 bits per heavy atom. The molecule has 1 fully saturated rings. The summed E-state index contributed by atoms with van der Waals surface area (Å²) in [4.78, 5) is 42.5. The Hall–Kier alpha value is -4.95. The third-order valence-electron chi connectivity index (χ3n) is 10.5. The summed E-state index contributed by atoms with van der Waals surface area (Å²) in [6.45, 7) is 15.7. The minimum Gasteiger partial charge on any atom is -0.493 e. The molecule has 0 aliphatic heterocycles. The predicted molar refractivity (Wildman–Crippen MR) is 197 cm³/mol. The highest BCUT2D eigenvalue weighted by Gasteiger charge is 2.56. The number of Topliss-reactive ketones (excluding diaryl/α,β-unsaturated/α-hetero) is 1. The number of aliphatic hydroxyl groups is 1. The van der Waals surface area contributed by atoms with Crippen molar-refractivity contribution in [2.75, 3.05) is 17.7 Å². The summed E-state index contributed by atoms with van der Waals surface area (Å²) in [7, 11) is 1.52. The molecule has 4 unspecified atom stereocenters. The molecule has 0 radical (unpaired) electrons. The first-order valence-electron chi connectivity index (χ1n) is 17.0. The summed E-state index contributed by atoms with van der Waals surface area (Å²) >= 11 is 0. The number of nitrogens with one attached hydrogen (secondary N) is 2. The highest BCUT2D eigenvalue weighted by Crippen LogP contribution is 2.48. The number of methoxy groups -OCH3 is 1. The van der Waals surface area contributed by atoms with Gasteiger partial charge in [-0.25, -0.2) is 0 Å². The van der Waals surface area contributed by atoms with Gasteiger partial charge in [0.2, 0.25) is 11.8 Å². The number of hydrogen-bond acceptors (Lipinski definition) is 6. The maximum atomic E-state index is 14.4. The van der Waals surface area contributed by atoms with Gasteiger partial charge in [0, 0.05) is 23.7 Å². The van der Waals surface area contributed by atoms with Crippen LogP contribution < -0.4 is 20.1 Å². The maximum Gasteiger partial charge on any atom is 0.235 e. The first-order valence-corrected chi connectivity index (χ1v) is 17.0. The largest absolute Gasteiger partial charge is 0.493 e. The van der Waals surface area contributed by atoms with Gasteiger partial charge in [-0.15, -0.1) is 0 Å². The summed E-state index contributed by atoms with van der Waals surface area (Å²) < 4.78 is 12.0. The fraction of sp³-hybridized carbons (Fsp3) is 0.357. The molecule has 0 spiro atoms. The molecule has 0 bridgehead atoms. The number of amides is 2. The van der Waals surface area contributed by atoms with Crippen molar-refractivity contribution in [3.05, 3.63) is 117 Å². The second kappa shape index (κ2) is 14.5. The van der Waals surface area contributed by atoms with Crippen molar-refractivity contribution in [2.45, 2.75) is 79.9 Å². The highest BCUT2D eigenvalue weighted by atomic mass is 16.5. The van der Waals surface area contributed by atoms with Crippen LogP contribution in [0.2, 0.25) is 0 Å². The van der Waals surface area contributed by atoms with E-state index in [1.165, 1.54) is 25.2 Å². The third kappa shape index (κ3) is 7.31. The van der Waals surface area contributed by atoms with E-state index in [2.05, 4.69) is 36.6 Å². The van der Waals surface area contributed by atoms with Crippen LogP contribution in [0.15, 0.2) is 66.7 Å². The Bertz CT molecular complexity index is 1960. The van der Waals surface area contributed by atoms with E-state index in [9.17, 15) is 19.5 Å². The molecule has 0 saturated heterocycles. The molecule has 8 nitrogen and oxygen atoms in total. The Morgan fingerprint density at radius 1 is 0.760 bits per heavy atom. The van der Waals surface area contributed by atoms with Gasteiger partial charge in [0.25, 0.3) is 0 Å². The molecule has 50 heavy (non-hydrogen) atoms. The van der Waals surface area contributed by atoms with Crippen LogP contribution >= 0.6 is 0 Å². The highest BCUT2D eigenvalue weighted by molar-refractivity contribution is 6.10. The quantitative estimate of drug-likeness (QED) is 0.156. The molecular formula is C42H48N2O6. The van der Waals surface area contributed by atoms with Crippen LogP contribution in [0.4, 0.5) is 11.4 Å². The van der Waals surface area contributed by atoms with Crippen molar-refractivity contribution in [1.29, 1.82) is 0 Å². The molecule has 1 aliphatic carbocycles. The van der Waals surface area contributed by atoms with Gasteiger partial charge in [0.15, 0.2) is 11.5 Å². The van der Waals surface area contributed by atoms with Gasteiger partial charge in [-0.3, -0.25) is 14.4 Å². The maximum absolute atomic E-state index is 14.4. The van der Waals surface area contributed by atoms with E-state index in [4.69, 9.17) is 9.47 Å². The molecule has 1 aliphatic rings. The molecule has 8 heteroatoms. The molecule has 1 saturated carbocycles. The van der Waals surface area contributed by atoms with Crippen molar-refractivity contribution in [3.8, 4) is 11.5 Å². The molecule has 4 aromatic rings. The van der Waals surface area contributed by atoms with Crippen molar-refractivity contribution in [1.82, 2.24) is 0 Å². The van der Waals surface area contributed by atoms with Crippen LogP contribution in [0.25, 0.3) is 0 Å². The molecular weight excluding hydrogens is 628 g/mol. The lowest BCUT2D eigenvalue weighted by Crippen LogP contribution is -2.56. The van der Waals surface area contributed by atoms with Crippen LogP contribution in [0.1, 0.15) is 69.3 Å². The summed E-state index contributed by atoms with van der Waals surface area (Å²) in [5.74, 6) is -4.13. The van der Waals surface area contributed by atoms with Crippen LogP contribution in [-0.2, 0) is 21.0 Å². The molecule has 262 valence electrons. The molecule has 0 heterocycles. The molecule has 5 rings (SSSR count). The number of ether oxygens (including phenoxy) is 2. The minimum absolute atomic E-state index is 0.307. The molecule has 4 atom stereocenters. The van der Waals surface area contributed by atoms with Gasteiger partial charge in [-0.05, 0) is 130 Å². The monoisotopic (exact) mass is 676 g/mol. The Kier molecular flexibility index (Phi) is 10.5. The van der Waals surface area contributed by atoms with Crippen molar-refractivity contribution in [2.24, 2.45) is 11.8 Å². The third-order valence-corrected chi connectivity index (χ3v) is 10.5. The van der Waals surface area contributed by atoms with E-state index in [1.807, 2.05) is 58.9 Å². The minimum atomic E-state index is -1.76. The number of rotatable bonds is 9. The van der Waals surface area contributed by atoms with E-state index >= 15 is 0 Å². The fourth-order valence-corrected chi connectivity index (χ4v) is 7.03. The zero-order chi connectivity index (χ0) is 36.5. The second-order valence-electron chi connectivity index (χ2n) is 14.0. The normalized spacial score (nSPS) is 20.3. The lowest BCUT2D eigenvalue weighted by Gasteiger charge is -2.44. The number of ketones is 1. The lowest BCUT2D eigenvalue weighted by molar-refractivity contribution is -0.150. The zero-order valence-corrected chi connectivity index (χ0v) is 30.5. The standard InChI is InChI=1S/C42H48N2O6/c1-23-12-10-14-32(28(23)6)43-40(46)38-34(45)21-42(8,48)39(41(47)44-33-15-11-13-24(2)29(33)7)37(38)30-16-17-35(36(20-30)49-9)50-22-31-19-26(4)25(3)18-27(31)5/h10-20,37-39,48H,21-22H2,1-9H3,(H,43,46)(H,44,47). The zero-order valence-electron chi connectivity index (χ0n) is 30.5. The average molecular weight is 677 g/mol. The van der Waals surface area contributed by atoms with E-state index in [0.29, 0.717) is 35.0 Å². The number of benzene rings is 4. The van der Waals surface area contributed by atoms with E-state index < -0.39 is 41.0 Å². The van der Waals surface area contributed by atoms with E-state index in [1.54, 1.807) is 30.3 Å². The summed E-state index contributed by atoms with van der Waals surface area (Å²) in [6.07, 6.45) is -0.368. The summed E-state index contributed by atoms with van der Waals surface area (Å²) in [5.41, 5.74) is 8.18. The Labute approximate surface area is 295 Å². The molecule has 3 N–H and O–H groups in total. The van der Waals surface area contributed by atoms with Gasteiger partial charge >= 0.3 is 0 Å². The molecule has 0 aromatic heterocycles. The average Bonchev–Trinajstić information content (AvgIpc) is 3.05. The Morgan fingerprint density at radius 3 is 1.94 bits per heavy atom. The molecule has 4 aromatic carbocycles. The van der Waals surface area contributed by atoms with Crippen molar-refractivity contribution in [3.63, 3.8) is 0 Å². The van der Waals surface area contributed by atoms with Crippen molar-refractivity contribution < 1.29 is 29.0 Å². The van der Waals surface area contributed by atoms with Crippen molar-refractivity contribution >= 4 is 29.0 Å². The van der Waals surface area contributed by atoms with Gasteiger partial charge in [0.05, 0.1) is 18.6 Å². The number of carbonyl (C=O) groups excluding carboxylic acids is 3. The smallest absolute Gasteiger partial charge is 0.235 e. The van der Waals surface area contributed by atoms with Crippen LogP contribution in [0.3, 0.4) is 0 Å². The second-order valence-corrected chi connectivity index (χ2v) is 14.0. The van der Waals surface area contributed by atoms with Crippen LogP contribution in [0.5, 0.6) is 11.5 Å². The van der Waals surface area contributed by atoms with Gasteiger partial charge in [-0.1, -0.05) is 42.5 Å². The number of hydrogen-bond donors (Lipinski definition) is 3. The number of carbonyl (C=O) groups is 3. The lowest BCUT2D eigenvalue weighted by atomic mass is 9.61. The van der Waals surface area contributed by atoms with Gasteiger partial charge < -0.3 is 25.2 Å². The topological polar surface area (TPSA) is 114 Å². The Balaban J connectivity index is 1.58.